The molecule has 2 heterocycles. The zero-order chi connectivity index (χ0) is 25.1. The molecule has 12 heteroatoms. The van der Waals surface area contributed by atoms with Crippen LogP contribution >= 0.6 is 0 Å². The van der Waals surface area contributed by atoms with Gasteiger partial charge in [-0.05, 0) is 51.2 Å². The van der Waals surface area contributed by atoms with Crippen molar-refractivity contribution in [3.8, 4) is 0 Å². The third-order valence-corrected chi connectivity index (χ3v) is 5.63. The quantitative estimate of drug-likeness (QED) is 0.488. The number of amides is 1. The van der Waals surface area contributed by atoms with Gasteiger partial charge < -0.3 is 21.1 Å². The van der Waals surface area contributed by atoms with E-state index in [0.717, 1.165) is 0 Å². The van der Waals surface area contributed by atoms with E-state index in [1.165, 1.54) is 10.7 Å². The summed E-state index contributed by atoms with van der Waals surface area (Å²) in [5, 5.41) is 9.71. The summed E-state index contributed by atoms with van der Waals surface area (Å²) in [7, 11) is 0. The molecule has 0 spiro atoms. The number of nitrogens with two attached hydrogens (primary N) is 1. The third-order valence-electron chi connectivity index (χ3n) is 5.63. The molecular weight excluding hydrogens is 456 g/mol. The number of halogens is 4. The highest BCUT2D eigenvalue weighted by atomic mass is 19.3. The molecule has 1 aliphatic carbocycles. The Hall–Kier alpha value is -2.47. The van der Waals surface area contributed by atoms with Gasteiger partial charge in [-0.25, -0.2) is 31.9 Å². The van der Waals surface area contributed by atoms with E-state index in [-0.39, 0.29) is 38.1 Å². The number of hydrogen-bond acceptors (Lipinski definition) is 6. The van der Waals surface area contributed by atoms with Crippen molar-refractivity contribution >= 4 is 11.7 Å². The summed E-state index contributed by atoms with van der Waals surface area (Å²) in [4.78, 5) is 17.1. The molecule has 1 saturated carbocycles. The molecule has 3 rings (SSSR count). The number of fused-ring (bicyclic) bond motifs is 1. The van der Waals surface area contributed by atoms with Crippen molar-refractivity contribution in [2.45, 2.75) is 76.5 Å². The van der Waals surface area contributed by atoms with Gasteiger partial charge in [0.2, 0.25) is 5.92 Å². The molecule has 4 N–H and O–H groups in total. The summed E-state index contributed by atoms with van der Waals surface area (Å²) in [6.07, 6.45) is 2.40. The van der Waals surface area contributed by atoms with Crippen LogP contribution < -0.4 is 16.4 Å². The maximum atomic E-state index is 13.7. The van der Waals surface area contributed by atoms with Crippen LogP contribution in [-0.2, 0) is 11.3 Å². The fourth-order valence-electron chi connectivity index (χ4n) is 3.91. The standard InChI is InChI=1S/C22H32F4N6O2/c1-20(2,3)34-19(33)31-18(15-4-6-21(23,24)7-5-15)16-11-32-17(30-16)8-14(10-29-32)9-28-13-22(25,26)12-27/h8,10-11,15,18,28H,4-7,9,12-13,27H2,1-3H3,(H,31,33)/t18-/m0/s1. The fourth-order valence-corrected chi connectivity index (χ4v) is 3.91. The Morgan fingerprint density at radius 2 is 2.00 bits per heavy atom. The number of alkyl carbamates (subject to hydrolysis) is 1. The SMILES string of the molecule is CC(C)(C)OC(=O)N[C@H](c1cn2ncc(CNCC(F)(F)CN)cc2n1)C1CCC(F)(F)CC1. The number of carbonyl (C=O) groups excluding carboxylic acids is 1. The second kappa shape index (κ2) is 10.0. The Morgan fingerprint density at radius 1 is 1.32 bits per heavy atom. The molecule has 0 radical (unpaired) electrons. The minimum absolute atomic E-state index is 0.137. The van der Waals surface area contributed by atoms with Crippen LogP contribution in [0.15, 0.2) is 18.5 Å². The van der Waals surface area contributed by atoms with Gasteiger partial charge in [-0.15, -0.1) is 0 Å². The van der Waals surface area contributed by atoms with Crippen LogP contribution in [0.1, 0.15) is 63.8 Å². The first kappa shape index (κ1) is 26.1. The second-order valence-corrected chi connectivity index (χ2v) is 9.81. The molecular formula is C22H32F4N6O2. The highest BCUT2D eigenvalue weighted by Crippen LogP contribution is 2.41. The largest absolute Gasteiger partial charge is 0.444 e. The average Bonchev–Trinajstić information content (AvgIpc) is 3.14. The van der Waals surface area contributed by atoms with E-state index in [1.807, 2.05) is 0 Å². The zero-order valence-electron chi connectivity index (χ0n) is 19.6. The molecule has 1 amide bonds. The van der Waals surface area contributed by atoms with E-state index >= 15 is 0 Å². The number of alkyl halides is 4. The van der Waals surface area contributed by atoms with Crippen molar-refractivity contribution < 1.29 is 27.1 Å². The Labute approximate surface area is 195 Å². The molecule has 0 bridgehead atoms. The lowest BCUT2D eigenvalue weighted by molar-refractivity contribution is -0.0500. The summed E-state index contributed by atoms with van der Waals surface area (Å²) in [6, 6.07) is 1.04. The number of imidazole rings is 1. The smallest absolute Gasteiger partial charge is 0.408 e. The molecule has 0 aliphatic heterocycles. The number of rotatable bonds is 8. The summed E-state index contributed by atoms with van der Waals surface area (Å²) in [5.74, 6) is -5.97. The van der Waals surface area contributed by atoms with Gasteiger partial charge in [-0.2, -0.15) is 5.10 Å². The minimum Gasteiger partial charge on any atom is -0.444 e. The summed E-state index contributed by atoms with van der Waals surface area (Å²) >= 11 is 0. The molecule has 0 saturated heterocycles. The van der Waals surface area contributed by atoms with E-state index in [4.69, 9.17) is 10.5 Å². The van der Waals surface area contributed by atoms with Crippen molar-refractivity contribution in [2.24, 2.45) is 11.7 Å². The van der Waals surface area contributed by atoms with E-state index in [9.17, 15) is 22.4 Å². The van der Waals surface area contributed by atoms with Crippen molar-refractivity contribution in [1.29, 1.82) is 0 Å². The molecule has 0 aromatic carbocycles. The summed E-state index contributed by atoms with van der Waals surface area (Å²) in [6.45, 7) is 4.02. The monoisotopic (exact) mass is 488 g/mol. The number of hydrogen-bond donors (Lipinski definition) is 3. The predicted octanol–water partition coefficient (Wildman–Crippen LogP) is 3.80. The first-order valence-electron chi connectivity index (χ1n) is 11.3. The minimum atomic E-state index is -3.00. The van der Waals surface area contributed by atoms with Crippen LogP contribution in [0.3, 0.4) is 0 Å². The lowest BCUT2D eigenvalue weighted by Crippen LogP contribution is -2.40. The predicted molar refractivity (Wildman–Crippen MR) is 118 cm³/mol. The van der Waals surface area contributed by atoms with Crippen molar-refractivity contribution in [3.05, 3.63) is 29.7 Å². The number of nitrogens with zero attached hydrogens (tertiary/aromatic N) is 3. The normalized spacial score (nSPS) is 18.1. The maximum Gasteiger partial charge on any atom is 0.408 e. The molecule has 190 valence electrons. The number of aromatic nitrogens is 3. The fraction of sp³-hybridized carbons (Fsp3) is 0.682. The second-order valence-electron chi connectivity index (χ2n) is 9.81. The van der Waals surface area contributed by atoms with Crippen molar-refractivity contribution in [3.63, 3.8) is 0 Å². The highest BCUT2D eigenvalue weighted by molar-refractivity contribution is 5.68. The van der Waals surface area contributed by atoms with E-state index in [2.05, 4.69) is 20.7 Å². The van der Waals surface area contributed by atoms with Gasteiger partial charge in [0.1, 0.15) is 5.60 Å². The first-order chi connectivity index (χ1) is 15.8. The molecule has 8 nitrogen and oxygen atoms in total. The zero-order valence-corrected chi connectivity index (χ0v) is 19.6. The van der Waals surface area contributed by atoms with Gasteiger partial charge in [-0.3, -0.25) is 0 Å². The number of ether oxygens (including phenoxy) is 1. The van der Waals surface area contributed by atoms with Gasteiger partial charge in [0.25, 0.3) is 5.92 Å². The van der Waals surface area contributed by atoms with E-state index in [0.29, 0.717) is 16.9 Å². The molecule has 2 aromatic heterocycles. The molecule has 2 aromatic rings. The molecule has 34 heavy (non-hydrogen) atoms. The van der Waals surface area contributed by atoms with Gasteiger partial charge in [-0.1, -0.05) is 0 Å². The van der Waals surface area contributed by atoms with Crippen molar-refractivity contribution in [1.82, 2.24) is 25.2 Å². The topological polar surface area (TPSA) is 107 Å². The molecule has 0 unspecified atom stereocenters. The Bertz CT molecular complexity index is 981. The van der Waals surface area contributed by atoms with Crippen LogP contribution in [-0.4, -0.2) is 51.2 Å². The Morgan fingerprint density at radius 3 is 2.62 bits per heavy atom. The Balaban J connectivity index is 1.79. The van der Waals surface area contributed by atoms with Crippen molar-refractivity contribution in [2.75, 3.05) is 13.1 Å². The van der Waals surface area contributed by atoms with Gasteiger partial charge in [0.05, 0.1) is 37.2 Å². The van der Waals surface area contributed by atoms with Crippen LogP contribution in [0.25, 0.3) is 5.65 Å². The maximum absolute atomic E-state index is 13.7. The van der Waals surface area contributed by atoms with Crippen LogP contribution in [0.2, 0.25) is 0 Å². The van der Waals surface area contributed by atoms with Crippen LogP contribution in [0.4, 0.5) is 22.4 Å². The summed E-state index contributed by atoms with van der Waals surface area (Å²) in [5.41, 5.74) is 5.85. The Kier molecular flexibility index (Phi) is 7.71. The number of carbonyl (C=O) groups is 1. The number of nitrogens with one attached hydrogen (secondary N) is 2. The highest BCUT2D eigenvalue weighted by Gasteiger charge is 2.39. The van der Waals surface area contributed by atoms with Gasteiger partial charge in [0, 0.05) is 19.4 Å². The molecule has 1 fully saturated rings. The average molecular weight is 489 g/mol. The summed E-state index contributed by atoms with van der Waals surface area (Å²) < 4.78 is 61.0. The van der Waals surface area contributed by atoms with E-state index in [1.54, 1.807) is 33.0 Å². The molecule has 1 atom stereocenters. The third kappa shape index (κ3) is 7.26. The lowest BCUT2D eigenvalue weighted by Gasteiger charge is -2.33. The lowest BCUT2D eigenvalue weighted by atomic mass is 9.81. The van der Waals surface area contributed by atoms with Gasteiger partial charge in [0.15, 0.2) is 5.65 Å². The van der Waals surface area contributed by atoms with Gasteiger partial charge >= 0.3 is 6.09 Å². The molecule has 1 aliphatic rings. The van der Waals surface area contributed by atoms with E-state index < -0.39 is 42.7 Å². The van der Waals surface area contributed by atoms with Crippen LogP contribution in [0, 0.1) is 5.92 Å². The first-order valence-corrected chi connectivity index (χ1v) is 11.3. The van der Waals surface area contributed by atoms with Crippen LogP contribution in [0.5, 0.6) is 0 Å².